The summed E-state index contributed by atoms with van der Waals surface area (Å²) in [5.41, 5.74) is 1.10. The van der Waals surface area contributed by atoms with Crippen molar-refractivity contribution >= 4 is 16.9 Å². The van der Waals surface area contributed by atoms with Crippen LogP contribution in [0.4, 0.5) is 0 Å². The minimum absolute atomic E-state index is 0.0368. The summed E-state index contributed by atoms with van der Waals surface area (Å²) in [6.45, 7) is 4.81. The maximum atomic E-state index is 11.0. The molecule has 1 saturated carbocycles. The second-order valence-electron chi connectivity index (χ2n) is 6.40. The van der Waals surface area contributed by atoms with Crippen molar-refractivity contribution in [2.45, 2.75) is 45.8 Å². The van der Waals surface area contributed by atoms with Crippen molar-refractivity contribution in [3.8, 4) is 5.75 Å². The topological polar surface area (TPSA) is 51.5 Å². The lowest BCUT2D eigenvalue weighted by Crippen LogP contribution is -2.15. The van der Waals surface area contributed by atoms with Crippen molar-refractivity contribution in [3.63, 3.8) is 0 Å². The number of ether oxygens (including phenoxy) is 1. The number of carboxylic acid groups (broad SMARTS) is 1. The first-order chi connectivity index (χ1) is 9.97. The normalized spacial score (nSPS) is 16.3. The molecule has 0 aliphatic heterocycles. The largest absolute Gasteiger partial charge is 0.491 e. The molecule has 0 spiro atoms. The predicted octanol–water partition coefficient (Wildman–Crippen LogP) is 3.68. The van der Waals surface area contributed by atoms with Gasteiger partial charge in [-0.3, -0.25) is 4.79 Å². The van der Waals surface area contributed by atoms with Gasteiger partial charge in [0.25, 0.3) is 0 Å². The number of carbonyl (C=O) groups is 1. The van der Waals surface area contributed by atoms with Crippen LogP contribution in [0.1, 0.15) is 33.1 Å². The van der Waals surface area contributed by atoms with Gasteiger partial charge in [0, 0.05) is 23.6 Å². The number of aromatic nitrogens is 1. The van der Waals surface area contributed by atoms with Gasteiger partial charge >= 0.3 is 5.97 Å². The van der Waals surface area contributed by atoms with Crippen LogP contribution in [-0.4, -0.2) is 21.7 Å². The van der Waals surface area contributed by atoms with Gasteiger partial charge < -0.3 is 14.4 Å². The Kier molecular flexibility index (Phi) is 3.40. The third-order valence-corrected chi connectivity index (χ3v) is 4.10. The lowest BCUT2D eigenvalue weighted by atomic mass is 10.0. The summed E-state index contributed by atoms with van der Waals surface area (Å²) < 4.78 is 7.88. The molecule has 1 aromatic carbocycles. The average molecular weight is 287 g/mol. The Balaban J connectivity index is 1.82. The van der Waals surface area contributed by atoms with E-state index < -0.39 is 5.97 Å². The summed E-state index contributed by atoms with van der Waals surface area (Å²) in [4.78, 5) is 11.0. The number of rotatable bonds is 6. The molecule has 112 valence electrons. The first kappa shape index (κ1) is 14.0. The molecular formula is C17H21NO3. The molecule has 1 fully saturated rings. The number of aliphatic carboxylic acids is 1. The van der Waals surface area contributed by atoms with E-state index in [4.69, 9.17) is 9.84 Å². The van der Waals surface area contributed by atoms with E-state index in [1.54, 1.807) is 0 Å². The van der Waals surface area contributed by atoms with Gasteiger partial charge in [0.05, 0.1) is 12.5 Å². The summed E-state index contributed by atoms with van der Waals surface area (Å²) in [6, 6.07) is 8.15. The predicted molar refractivity (Wildman–Crippen MR) is 81.6 cm³/mol. The van der Waals surface area contributed by atoms with Gasteiger partial charge in [-0.25, -0.2) is 0 Å². The van der Waals surface area contributed by atoms with E-state index in [9.17, 15) is 4.79 Å². The zero-order valence-electron chi connectivity index (χ0n) is 12.5. The van der Waals surface area contributed by atoms with E-state index in [-0.39, 0.29) is 17.9 Å². The molecule has 0 atom stereocenters. The highest BCUT2D eigenvalue weighted by atomic mass is 16.5. The quantitative estimate of drug-likeness (QED) is 0.881. The van der Waals surface area contributed by atoms with E-state index in [2.05, 4.69) is 16.7 Å². The summed E-state index contributed by atoms with van der Waals surface area (Å²) in [5.74, 6) is 0.179. The molecule has 4 nitrogen and oxygen atoms in total. The molecule has 0 bridgehead atoms. The fraction of sp³-hybridized carbons (Fsp3) is 0.471. The minimum Gasteiger partial charge on any atom is -0.491 e. The lowest BCUT2D eigenvalue weighted by Gasteiger charge is -2.15. The van der Waals surface area contributed by atoms with Crippen molar-refractivity contribution in [2.75, 3.05) is 0 Å². The molecule has 0 saturated heterocycles. The highest BCUT2D eigenvalue weighted by molar-refractivity contribution is 5.81. The molecule has 1 heterocycles. The highest BCUT2D eigenvalue weighted by Crippen LogP contribution is 2.50. The van der Waals surface area contributed by atoms with Crippen molar-refractivity contribution in [3.05, 3.63) is 30.5 Å². The van der Waals surface area contributed by atoms with Crippen LogP contribution in [0.2, 0.25) is 0 Å². The number of hydrogen-bond donors (Lipinski definition) is 1. The molecule has 21 heavy (non-hydrogen) atoms. The number of carboxylic acids is 1. The summed E-state index contributed by atoms with van der Waals surface area (Å²) in [7, 11) is 0. The van der Waals surface area contributed by atoms with Crippen LogP contribution < -0.4 is 4.74 Å². The van der Waals surface area contributed by atoms with E-state index >= 15 is 0 Å². The zero-order valence-corrected chi connectivity index (χ0v) is 12.5. The molecule has 1 N–H and O–H groups in total. The van der Waals surface area contributed by atoms with E-state index in [1.807, 2.05) is 32.2 Å². The molecule has 3 rings (SSSR count). The van der Waals surface area contributed by atoms with E-state index in [0.29, 0.717) is 0 Å². The van der Waals surface area contributed by atoms with E-state index in [0.717, 1.165) is 36.0 Å². The van der Waals surface area contributed by atoms with Crippen LogP contribution in [-0.2, 0) is 11.3 Å². The van der Waals surface area contributed by atoms with Crippen molar-refractivity contribution in [1.82, 2.24) is 4.57 Å². The minimum atomic E-state index is -0.698. The molecule has 2 aromatic rings. The Morgan fingerprint density at radius 1 is 1.38 bits per heavy atom. The highest BCUT2D eigenvalue weighted by Gasteiger charge is 2.44. The Bertz CT molecular complexity index is 668. The maximum Gasteiger partial charge on any atom is 0.303 e. The van der Waals surface area contributed by atoms with Gasteiger partial charge in [0.15, 0.2) is 0 Å². The molecule has 1 aliphatic carbocycles. The summed E-state index contributed by atoms with van der Waals surface area (Å²) >= 11 is 0. The fourth-order valence-corrected chi connectivity index (χ4v) is 2.91. The second-order valence-corrected chi connectivity index (χ2v) is 6.40. The van der Waals surface area contributed by atoms with Crippen LogP contribution in [0.25, 0.3) is 10.9 Å². The summed E-state index contributed by atoms with van der Waals surface area (Å²) in [6.07, 6.45) is 4.49. The Hall–Kier alpha value is -1.97. The SMILES string of the molecule is CC(C)Oc1ccc2c(ccn2CC2(CC(=O)O)CC2)c1. The number of fused-ring (bicyclic) bond motifs is 1. The fourth-order valence-electron chi connectivity index (χ4n) is 2.91. The van der Waals surface area contributed by atoms with Gasteiger partial charge in [0.2, 0.25) is 0 Å². The standard InChI is InChI=1S/C17H21NO3/c1-12(2)21-14-3-4-15-13(9-14)5-8-18(15)11-17(6-7-17)10-16(19)20/h3-5,8-9,12H,6-7,10-11H2,1-2H3,(H,19,20). The molecule has 0 unspecified atom stereocenters. The first-order valence-corrected chi connectivity index (χ1v) is 7.45. The zero-order chi connectivity index (χ0) is 15.0. The van der Waals surface area contributed by atoms with Crippen LogP contribution >= 0.6 is 0 Å². The summed E-state index contributed by atoms with van der Waals surface area (Å²) in [5, 5.41) is 10.2. The molecule has 0 radical (unpaired) electrons. The van der Waals surface area contributed by atoms with Crippen LogP contribution in [0.15, 0.2) is 30.5 Å². The van der Waals surface area contributed by atoms with Crippen LogP contribution in [0, 0.1) is 5.41 Å². The molecular weight excluding hydrogens is 266 g/mol. The molecule has 1 aromatic heterocycles. The van der Waals surface area contributed by atoms with Crippen molar-refractivity contribution in [1.29, 1.82) is 0 Å². The Morgan fingerprint density at radius 2 is 2.14 bits per heavy atom. The molecule has 4 heteroatoms. The maximum absolute atomic E-state index is 11.0. The van der Waals surface area contributed by atoms with Gasteiger partial charge in [0.1, 0.15) is 5.75 Å². The van der Waals surface area contributed by atoms with Gasteiger partial charge in [-0.15, -0.1) is 0 Å². The van der Waals surface area contributed by atoms with Crippen molar-refractivity contribution < 1.29 is 14.6 Å². The molecule has 0 amide bonds. The second kappa shape index (κ2) is 5.10. The van der Waals surface area contributed by atoms with Crippen LogP contribution in [0.5, 0.6) is 5.75 Å². The average Bonchev–Trinajstić information content (AvgIpc) is 3.01. The monoisotopic (exact) mass is 287 g/mol. The molecule has 1 aliphatic rings. The van der Waals surface area contributed by atoms with Gasteiger partial charge in [-0.1, -0.05) is 0 Å². The van der Waals surface area contributed by atoms with Crippen LogP contribution in [0.3, 0.4) is 0 Å². The Morgan fingerprint density at radius 3 is 2.76 bits per heavy atom. The number of hydrogen-bond acceptors (Lipinski definition) is 2. The van der Waals surface area contributed by atoms with Gasteiger partial charge in [-0.2, -0.15) is 0 Å². The van der Waals surface area contributed by atoms with Crippen molar-refractivity contribution in [2.24, 2.45) is 5.41 Å². The lowest BCUT2D eigenvalue weighted by molar-refractivity contribution is -0.138. The van der Waals surface area contributed by atoms with Gasteiger partial charge in [-0.05, 0) is 56.4 Å². The third kappa shape index (κ3) is 3.04. The number of nitrogens with zero attached hydrogens (tertiary/aromatic N) is 1. The first-order valence-electron chi connectivity index (χ1n) is 7.45. The Labute approximate surface area is 124 Å². The van der Waals surface area contributed by atoms with E-state index in [1.165, 1.54) is 0 Å². The number of benzene rings is 1. The smallest absolute Gasteiger partial charge is 0.303 e. The third-order valence-electron chi connectivity index (χ3n) is 4.10.